The fourth-order valence-corrected chi connectivity index (χ4v) is 0.673. The number of nitrogens with one attached hydrogen (secondary N) is 1. The molecule has 4 nitrogen and oxygen atoms in total. The van der Waals surface area contributed by atoms with Crippen LogP contribution >= 0.6 is 0 Å². The van der Waals surface area contributed by atoms with Crippen molar-refractivity contribution in [2.45, 2.75) is 12.5 Å². The molecule has 4 heteroatoms. The molecule has 1 saturated heterocycles. The summed E-state index contributed by atoms with van der Waals surface area (Å²) in [6.45, 7) is 1.43. The van der Waals surface area contributed by atoms with E-state index >= 15 is 0 Å². The molecule has 1 heterocycles. The van der Waals surface area contributed by atoms with E-state index in [1.165, 1.54) is 0 Å². The summed E-state index contributed by atoms with van der Waals surface area (Å²) in [5.74, 6) is 0. The predicted molar refractivity (Wildman–Crippen MR) is 31.9 cm³/mol. The zero-order valence-corrected chi connectivity index (χ0v) is 5.09. The van der Waals surface area contributed by atoms with Crippen molar-refractivity contribution in [3.05, 3.63) is 0 Å². The largest absolute Gasteiger partial charge is 0.448 e. The van der Waals surface area contributed by atoms with E-state index in [4.69, 9.17) is 5.73 Å². The number of primary amides is 1. The topological polar surface area (TPSA) is 64.4 Å². The van der Waals surface area contributed by atoms with Gasteiger partial charge in [0.15, 0.2) is 0 Å². The molecule has 1 aliphatic heterocycles. The maximum absolute atomic E-state index is 10.0. The second-order valence-electron chi connectivity index (χ2n) is 2.07. The summed E-state index contributed by atoms with van der Waals surface area (Å²) < 4.78 is 4.52. The number of hydrogen-bond donors (Lipinski definition) is 2. The third-order valence-electron chi connectivity index (χ3n) is 1.35. The molecule has 0 aromatic rings. The number of rotatable bonds is 2. The molecule has 0 bridgehead atoms. The highest BCUT2D eigenvalue weighted by atomic mass is 16.5. The van der Waals surface area contributed by atoms with Crippen molar-refractivity contribution in [3.8, 4) is 0 Å². The van der Waals surface area contributed by atoms with Crippen LogP contribution in [0.4, 0.5) is 4.79 Å². The monoisotopic (exact) mass is 130 g/mol. The Kier molecular flexibility index (Phi) is 1.89. The van der Waals surface area contributed by atoms with Crippen molar-refractivity contribution in [2.24, 2.45) is 5.73 Å². The average molecular weight is 130 g/mol. The third kappa shape index (κ3) is 1.89. The van der Waals surface area contributed by atoms with Crippen LogP contribution in [0, 0.1) is 0 Å². The minimum atomic E-state index is -0.691. The van der Waals surface area contributed by atoms with Crippen molar-refractivity contribution >= 4 is 6.09 Å². The van der Waals surface area contributed by atoms with Gasteiger partial charge in [-0.05, 0) is 13.0 Å². The van der Waals surface area contributed by atoms with Crippen LogP contribution < -0.4 is 11.1 Å². The van der Waals surface area contributed by atoms with E-state index in [9.17, 15) is 4.79 Å². The molecule has 1 rings (SSSR count). The van der Waals surface area contributed by atoms with E-state index in [-0.39, 0.29) is 0 Å². The summed E-state index contributed by atoms with van der Waals surface area (Å²) in [5, 5.41) is 3.07. The van der Waals surface area contributed by atoms with E-state index in [0.717, 1.165) is 13.0 Å². The molecule has 1 fully saturated rings. The highest BCUT2D eigenvalue weighted by Crippen LogP contribution is 2.00. The Morgan fingerprint density at radius 3 is 2.89 bits per heavy atom. The summed E-state index contributed by atoms with van der Waals surface area (Å²) >= 11 is 0. The highest BCUT2D eigenvalue weighted by Gasteiger charge is 2.16. The van der Waals surface area contributed by atoms with Crippen molar-refractivity contribution in [1.29, 1.82) is 0 Å². The summed E-state index contributed by atoms with van der Waals surface area (Å²) in [6, 6.07) is 0.345. The zero-order valence-electron chi connectivity index (χ0n) is 5.09. The summed E-state index contributed by atoms with van der Waals surface area (Å²) in [5.41, 5.74) is 4.73. The standard InChI is InChI=1S/C5H10N2O2/c6-5(8)9-3-4-1-2-7-4/h4,7H,1-3H2,(H2,6,8). The van der Waals surface area contributed by atoms with Gasteiger partial charge in [-0.2, -0.15) is 0 Å². The lowest BCUT2D eigenvalue weighted by atomic mass is 10.1. The Morgan fingerprint density at radius 1 is 1.89 bits per heavy atom. The number of ether oxygens (including phenoxy) is 1. The van der Waals surface area contributed by atoms with Crippen LogP contribution in [0.25, 0.3) is 0 Å². The van der Waals surface area contributed by atoms with E-state index in [1.54, 1.807) is 0 Å². The molecule has 1 aliphatic rings. The molecule has 0 aliphatic carbocycles. The minimum Gasteiger partial charge on any atom is -0.448 e. The third-order valence-corrected chi connectivity index (χ3v) is 1.35. The maximum Gasteiger partial charge on any atom is 0.404 e. The van der Waals surface area contributed by atoms with Crippen LogP contribution in [0.1, 0.15) is 6.42 Å². The molecular formula is C5H10N2O2. The lowest BCUT2D eigenvalue weighted by molar-refractivity contribution is 0.129. The van der Waals surface area contributed by atoms with Gasteiger partial charge in [-0.25, -0.2) is 4.79 Å². The van der Waals surface area contributed by atoms with Gasteiger partial charge < -0.3 is 15.8 Å². The van der Waals surface area contributed by atoms with Crippen LogP contribution in [-0.4, -0.2) is 25.3 Å². The minimum absolute atomic E-state index is 0.345. The van der Waals surface area contributed by atoms with E-state index in [1.807, 2.05) is 0 Å². The van der Waals surface area contributed by atoms with E-state index < -0.39 is 6.09 Å². The van der Waals surface area contributed by atoms with Crippen molar-refractivity contribution in [2.75, 3.05) is 13.2 Å². The first-order chi connectivity index (χ1) is 4.29. The zero-order chi connectivity index (χ0) is 6.69. The SMILES string of the molecule is NC(=O)OCC1CCN1. The lowest BCUT2D eigenvalue weighted by Gasteiger charge is -2.26. The highest BCUT2D eigenvalue weighted by molar-refractivity contribution is 5.64. The Bertz CT molecular complexity index is 112. The fraction of sp³-hybridized carbons (Fsp3) is 0.800. The van der Waals surface area contributed by atoms with Crippen LogP contribution in [0.3, 0.4) is 0 Å². The van der Waals surface area contributed by atoms with E-state index in [0.29, 0.717) is 12.6 Å². The molecule has 9 heavy (non-hydrogen) atoms. The summed E-state index contributed by atoms with van der Waals surface area (Å²) in [4.78, 5) is 10.0. The van der Waals surface area contributed by atoms with Gasteiger partial charge in [0.1, 0.15) is 6.61 Å². The average Bonchev–Trinajstić information content (AvgIpc) is 1.60. The molecular weight excluding hydrogens is 120 g/mol. The van der Waals surface area contributed by atoms with Gasteiger partial charge in [0.05, 0.1) is 0 Å². The second-order valence-corrected chi connectivity index (χ2v) is 2.07. The van der Waals surface area contributed by atoms with Gasteiger partial charge >= 0.3 is 6.09 Å². The Labute approximate surface area is 53.4 Å². The first kappa shape index (κ1) is 6.35. The number of carbonyl (C=O) groups excluding carboxylic acids is 1. The Balaban J connectivity index is 1.97. The number of carbonyl (C=O) groups is 1. The molecule has 1 amide bonds. The van der Waals surface area contributed by atoms with Gasteiger partial charge in [0, 0.05) is 6.04 Å². The van der Waals surface area contributed by atoms with Gasteiger partial charge in [-0.15, -0.1) is 0 Å². The van der Waals surface area contributed by atoms with Crippen LogP contribution in [0.5, 0.6) is 0 Å². The first-order valence-electron chi connectivity index (χ1n) is 2.94. The number of nitrogens with two attached hydrogens (primary N) is 1. The van der Waals surface area contributed by atoms with E-state index in [2.05, 4.69) is 10.1 Å². The Morgan fingerprint density at radius 2 is 2.56 bits per heavy atom. The molecule has 0 aromatic carbocycles. The molecule has 3 N–H and O–H groups in total. The second kappa shape index (κ2) is 2.68. The number of amides is 1. The molecule has 1 atom stereocenters. The smallest absolute Gasteiger partial charge is 0.404 e. The molecule has 1 unspecified atom stereocenters. The molecule has 0 aromatic heterocycles. The Hall–Kier alpha value is -0.770. The van der Waals surface area contributed by atoms with Gasteiger partial charge in [-0.1, -0.05) is 0 Å². The van der Waals surface area contributed by atoms with Crippen LogP contribution in [0.2, 0.25) is 0 Å². The van der Waals surface area contributed by atoms with Gasteiger partial charge in [0.2, 0.25) is 0 Å². The molecule has 0 saturated carbocycles. The van der Waals surface area contributed by atoms with Gasteiger partial charge in [-0.3, -0.25) is 0 Å². The lowest BCUT2D eigenvalue weighted by Crippen LogP contribution is -2.46. The normalized spacial score (nSPS) is 24.7. The first-order valence-corrected chi connectivity index (χ1v) is 2.94. The molecule has 52 valence electrons. The summed E-state index contributed by atoms with van der Waals surface area (Å²) in [7, 11) is 0. The quantitative estimate of drug-likeness (QED) is 0.526. The van der Waals surface area contributed by atoms with Crippen LogP contribution in [-0.2, 0) is 4.74 Å². The molecule has 0 radical (unpaired) electrons. The fourth-order valence-electron chi connectivity index (χ4n) is 0.673. The number of hydrogen-bond acceptors (Lipinski definition) is 3. The summed E-state index contributed by atoms with van der Waals surface area (Å²) in [6.07, 6.45) is 0.386. The van der Waals surface area contributed by atoms with Crippen molar-refractivity contribution < 1.29 is 9.53 Å². The molecule has 0 spiro atoms. The van der Waals surface area contributed by atoms with Crippen molar-refractivity contribution in [3.63, 3.8) is 0 Å². The maximum atomic E-state index is 10.0. The van der Waals surface area contributed by atoms with Crippen LogP contribution in [0.15, 0.2) is 0 Å². The predicted octanol–water partition coefficient (Wildman–Crippen LogP) is -0.556. The van der Waals surface area contributed by atoms with Gasteiger partial charge in [0.25, 0.3) is 0 Å². The van der Waals surface area contributed by atoms with Crippen molar-refractivity contribution in [1.82, 2.24) is 5.32 Å².